The molecule has 2 rings (SSSR count). The monoisotopic (exact) mass is 233 g/mol. The van der Waals surface area contributed by atoms with Crippen molar-refractivity contribution in [1.29, 1.82) is 0 Å². The smallest absolute Gasteiger partial charge is 0.343 e. The first-order valence-corrected chi connectivity index (χ1v) is 5.54. The number of methoxy groups -OCH3 is 1. The van der Waals surface area contributed by atoms with Crippen molar-refractivity contribution >= 4 is 16.9 Å². The molecule has 90 valence electrons. The second kappa shape index (κ2) is 4.91. The normalized spacial score (nSPS) is 10.5. The van der Waals surface area contributed by atoms with Gasteiger partial charge < -0.3 is 14.5 Å². The van der Waals surface area contributed by atoms with Gasteiger partial charge in [0.25, 0.3) is 0 Å². The summed E-state index contributed by atoms with van der Waals surface area (Å²) in [5.74, 6) is 0.317. The number of carbonyl (C=O) groups is 1. The number of hydrogen-bond donors (Lipinski definition) is 1. The van der Waals surface area contributed by atoms with Gasteiger partial charge in [-0.3, -0.25) is 0 Å². The van der Waals surface area contributed by atoms with Gasteiger partial charge in [-0.2, -0.15) is 0 Å². The van der Waals surface area contributed by atoms with Gasteiger partial charge in [-0.1, -0.05) is 13.0 Å². The fourth-order valence-electron chi connectivity index (χ4n) is 1.70. The number of fused-ring (bicyclic) bond motifs is 1. The third-order valence-corrected chi connectivity index (χ3v) is 2.63. The molecular formula is C13H15NO3. The largest absolute Gasteiger partial charge is 0.481 e. The summed E-state index contributed by atoms with van der Waals surface area (Å²) in [5, 5.41) is 0.994. The summed E-state index contributed by atoms with van der Waals surface area (Å²) in [6.45, 7) is 2.02. The van der Waals surface area contributed by atoms with Gasteiger partial charge in [0.1, 0.15) is 5.75 Å². The average Bonchev–Trinajstić information content (AvgIpc) is 2.79. The molecule has 0 saturated heterocycles. The molecule has 4 heteroatoms. The van der Waals surface area contributed by atoms with E-state index in [4.69, 9.17) is 4.74 Å². The number of ether oxygens (including phenoxy) is 2. The van der Waals surface area contributed by atoms with Crippen molar-refractivity contribution in [2.45, 2.75) is 13.3 Å². The maximum absolute atomic E-state index is 11.0. The average molecular weight is 233 g/mol. The molecule has 0 aliphatic carbocycles. The molecule has 1 aromatic heterocycles. The molecule has 0 saturated carbocycles. The van der Waals surface area contributed by atoms with E-state index in [1.54, 1.807) is 0 Å². The maximum atomic E-state index is 11.0. The lowest BCUT2D eigenvalue weighted by atomic mass is 10.2. The van der Waals surface area contributed by atoms with Crippen molar-refractivity contribution in [3.05, 3.63) is 30.0 Å². The topological polar surface area (TPSA) is 51.3 Å². The highest BCUT2D eigenvalue weighted by atomic mass is 16.6. The van der Waals surface area contributed by atoms with Gasteiger partial charge >= 0.3 is 5.97 Å². The molecule has 0 fully saturated rings. The second-order valence-corrected chi connectivity index (χ2v) is 3.73. The van der Waals surface area contributed by atoms with E-state index in [2.05, 4.69) is 16.6 Å². The second-order valence-electron chi connectivity index (χ2n) is 3.73. The Hall–Kier alpha value is -1.97. The van der Waals surface area contributed by atoms with Crippen molar-refractivity contribution in [2.24, 2.45) is 0 Å². The third kappa shape index (κ3) is 2.41. The van der Waals surface area contributed by atoms with E-state index in [1.165, 1.54) is 7.11 Å². The molecule has 1 heterocycles. The van der Waals surface area contributed by atoms with Crippen LogP contribution in [0.2, 0.25) is 0 Å². The van der Waals surface area contributed by atoms with Crippen LogP contribution in [0.4, 0.5) is 0 Å². The van der Waals surface area contributed by atoms with Crippen LogP contribution in [-0.2, 0) is 16.0 Å². The highest BCUT2D eigenvalue weighted by Crippen LogP contribution is 2.26. The Kier molecular flexibility index (Phi) is 3.32. The van der Waals surface area contributed by atoms with E-state index in [0.717, 1.165) is 23.0 Å². The first kappa shape index (κ1) is 11.5. The van der Waals surface area contributed by atoms with Crippen LogP contribution in [0, 0.1) is 0 Å². The molecule has 17 heavy (non-hydrogen) atoms. The Morgan fingerprint density at radius 3 is 2.94 bits per heavy atom. The minimum Gasteiger partial charge on any atom is -0.481 e. The number of aryl methyl sites for hydroxylation is 1. The van der Waals surface area contributed by atoms with E-state index in [1.807, 2.05) is 24.3 Å². The number of H-pyrrole nitrogens is 1. The zero-order chi connectivity index (χ0) is 12.3. The Morgan fingerprint density at radius 2 is 2.24 bits per heavy atom. The Balaban J connectivity index is 2.27. The predicted octanol–water partition coefficient (Wildman–Crippen LogP) is 2.28. The van der Waals surface area contributed by atoms with Crippen molar-refractivity contribution in [3.8, 4) is 5.75 Å². The number of benzene rings is 1. The molecule has 0 spiro atoms. The molecule has 1 N–H and O–H groups in total. The predicted molar refractivity (Wildman–Crippen MR) is 65.2 cm³/mol. The molecule has 0 unspecified atom stereocenters. The number of aromatic nitrogens is 1. The highest BCUT2D eigenvalue weighted by molar-refractivity contribution is 5.87. The molecule has 2 aromatic rings. The zero-order valence-electron chi connectivity index (χ0n) is 9.95. The zero-order valence-corrected chi connectivity index (χ0v) is 9.95. The third-order valence-electron chi connectivity index (χ3n) is 2.63. The van der Waals surface area contributed by atoms with E-state index in [0.29, 0.717) is 5.75 Å². The fraction of sp³-hybridized carbons (Fsp3) is 0.308. The van der Waals surface area contributed by atoms with Crippen LogP contribution in [0.5, 0.6) is 5.75 Å². The summed E-state index contributed by atoms with van der Waals surface area (Å²) in [5.41, 5.74) is 2.17. The number of nitrogens with one attached hydrogen (secondary N) is 1. The summed E-state index contributed by atoms with van der Waals surface area (Å²) in [7, 11) is 1.34. The van der Waals surface area contributed by atoms with Gasteiger partial charge in [0, 0.05) is 16.6 Å². The Labute approximate surface area is 99.5 Å². The summed E-state index contributed by atoms with van der Waals surface area (Å²) < 4.78 is 9.97. The van der Waals surface area contributed by atoms with E-state index < -0.39 is 0 Å². The highest BCUT2D eigenvalue weighted by Gasteiger charge is 2.07. The van der Waals surface area contributed by atoms with Crippen LogP contribution in [0.3, 0.4) is 0 Å². The van der Waals surface area contributed by atoms with Gasteiger partial charge in [0.05, 0.1) is 7.11 Å². The van der Waals surface area contributed by atoms with Gasteiger partial charge in [-0.05, 0) is 24.6 Å². The van der Waals surface area contributed by atoms with Gasteiger partial charge in [0.2, 0.25) is 0 Å². The molecule has 0 bridgehead atoms. The molecular weight excluding hydrogens is 218 g/mol. The van der Waals surface area contributed by atoms with Crippen LogP contribution in [0.15, 0.2) is 24.3 Å². The summed E-state index contributed by atoms with van der Waals surface area (Å²) in [6, 6.07) is 7.77. The number of aromatic amines is 1. The quantitative estimate of drug-likeness (QED) is 0.824. The van der Waals surface area contributed by atoms with E-state index >= 15 is 0 Å². The van der Waals surface area contributed by atoms with Crippen LogP contribution in [0.25, 0.3) is 10.9 Å². The summed E-state index contributed by atoms with van der Waals surface area (Å²) in [4.78, 5) is 14.3. The van der Waals surface area contributed by atoms with Gasteiger partial charge in [-0.25, -0.2) is 4.79 Å². The van der Waals surface area contributed by atoms with Crippen LogP contribution >= 0.6 is 0 Å². The van der Waals surface area contributed by atoms with Crippen molar-refractivity contribution < 1.29 is 14.3 Å². The minimum absolute atomic E-state index is 0.0672. The van der Waals surface area contributed by atoms with Crippen molar-refractivity contribution in [3.63, 3.8) is 0 Å². The molecule has 0 aliphatic heterocycles. The van der Waals surface area contributed by atoms with Gasteiger partial charge in [0.15, 0.2) is 6.61 Å². The van der Waals surface area contributed by atoms with E-state index in [9.17, 15) is 4.79 Å². The molecule has 0 atom stereocenters. The van der Waals surface area contributed by atoms with Crippen molar-refractivity contribution in [2.75, 3.05) is 13.7 Å². The van der Waals surface area contributed by atoms with Gasteiger partial charge in [-0.15, -0.1) is 0 Å². The Morgan fingerprint density at radius 1 is 1.41 bits per heavy atom. The standard InChI is InChI=1S/C13H15NO3/c1-3-9-7-10-11(14-9)5-4-6-12(10)17-8-13(15)16-2/h4-7,14H,3,8H2,1-2H3. The first-order chi connectivity index (χ1) is 8.24. The number of esters is 1. The van der Waals surface area contributed by atoms with E-state index in [-0.39, 0.29) is 12.6 Å². The fourth-order valence-corrected chi connectivity index (χ4v) is 1.70. The van der Waals surface area contributed by atoms with Crippen LogP contribution in [-0.4, -0.2) is 24.7 Å². The molecule has 0 radical (unpaired) electrons. The molecule has 0 aliphatic rings. The Bertz CT molecular complexity index is 530. The van der Waals surface area contributed by atoms with Crippen molar-refractivity contribution in [1.82, 2.24) is 4.98 Å². The SMILES string of the molecule is CCc1cc2c(OCC(=O)OC)cccc2[nH]1. The lowest BCUT2D eigenvalue weighted by molar-refractivity contribution is -0.142. The first-order valence-electron chi connectivity index (χ1n) is 5.54. The maximum Gasteiger partial charge on any atom is 0.343 e. The molecule has 1 aromatic carbocycles. The summed E-state index contributed by atoms with van der Waals surface area (Å²) in [6.07, 6.45) is 0.936. The number of hydrogen-bond acceptors (Lipinski definition) is 3. The number of rotatable bonds is 4. The molecule has 0 amide bonds. The molecule has 4 nitrogen and oxygen atoms in total. The van der Waals surface area contributed by atoms with Crippen LogP contribution < -0.4 is 4.74 Å². The number of carbonyl (C=O) groups excluding carboxylic acids is 1. The van der Waals surface area contributed by atoms with Crippen LogP contribution in [0.1, 0.15) is 12.6 Å². The minimum atomic E-state index is -0.381. The lowest BCUT2D eigenvalue weighted by Crippen LogP contribution is -2.12. The lowest BCUT2D eigenvalue weighted by Gasteiger charge is -2.05. The summed E-state index contributed by atoms with van der Waals surface area (Å²) >= 11 is 0.